The molecule has 1 aromatic rings. The van der Waals surface area contributed by atoms with Crippen LogP contribution in [-0.2, 0) is 14.3 Å². The maximum absolute atomic E-state index is 12.8. The van der Waals surface area contributed by atoms with Crippen molar-refractivity contribution in [1.82, 2.24) is 4.90 Å². The summed E-state index contributed by atoms with van der Waals surface area (Å²) >= 11 is 0. The number of carbonyl (C=O) groups excluding carboxylic acids is 2. The minimum atomic E-state index is -0.107. The lowest BCUT2D eigenvalue weighted by atomic mass is 10.0. The predicted molar refractivity (Wildman–Crippen MR) is 102 cm³/mol. The van der Waals surface area contributed by atoms with Crippen LogP contribution in [-0.4, -0.2) is 62.7 Å². The first-order chi connectivity index (χ1) is 12.6. The van der Waals surface area contributed by atoms with Gasteiger partial charge in [-0.05, 0) is 30.9 Å². The van der Waals surface area contributed by atoms with Crippen LogP contribution in [0.5, 0.6) is 0 Å². The number of piperidine rings is 1. The number of carbonyl (C=O) groups is 2. The zero-order valence-corrected chi connectivity index (χ0v) is 15.8. The number of hydrogen-bond donors (Lipinski definition) is 0. The average Bonchev–Trinajstić information content (AvgIpc) is 2.66. The Hall–Kier alpha value is -2.08. The summed E-state index contributed by atoms with van der Waals surface area (Å²) in [5, 5.41) is 0. The van der Waals surface area contributed by atoms with Crippen molar-refractivity contribution >= 4 is 23.2 Å². The summed E-state index contributed by atoms with van der Waals surface area (Å²) in [7, 11) is 0. The highest BCUT2D eigenvalue weighted by atomic mass is 16.5. The minimum Gasteiger partial charge on any atom is -0.378 e. The Morgan fingerprint density at radius 2 is 1.92 bits per heavy atom. The van der Waals surface area contributed by atoms with Gasteiger partial charge in [-0.25, -0.2) is 0 Å². The average molecular weight is 359 g/mol. The molecule has 6 heteroatoms. The van der Waals surface area contributed by atoms with E-state index in [4.69, 9.17) is 4.74 Å². The molecule has 2 fully saturated rings. The van der Waals surface area contributed by atoms with E-state index in [1.165, 1.54) is 13.3 Å². The fraction of sp³-hybridized carbons (Fsp3) is 0.600. The van der Waals surface area contributed by atoms with Gasteiger partial charge in [0.15, 0.2) is 0 Å². The monoisotopic (exact) mass is 359 g/mol. The number of ether oxygens (including phenoxy) is 1. The molecule has 2 saturated heterocycles. The fourth-order valence-corrected chi connectivity index (χ4v) is 3.78. The SMILES string of the molecule is CC(=O)N(CC(=O)N1CCCC(C)C1)c1ccccc1N1CCOCC1. The quantitative estimate of drug-likeness (QED) is 0.826. The maximum atomic E-state index is 12.8. The molecule has 1 aromatic carbocycles. The molecule has 26 heavy (non-hydrogen) atoms. The van der Waals surface area contributed by atoms with Gasteiger partial charge in [-0.3, -0.25) is 9.59 Å². The Balaban J connectivity index is 1.79. The number of anilines is 2. The summed E-state index contributed by atoms with van der Waals surface area (Å²) in [5.74, 6) is 0.451. The van der Waals surface area contributed by atoms with E-state index in [1.54, 1.807) is 4.90 Å². The van der Waals surface area contributed by atoms with Gasteiger partial charge in [-0.1, -0.05) is 19.1 Å². The van der Waals surface area contributed by atoms with Gasteiger partial charge in [0.1, 0.15) is 6.54 Å². The maximum Gasteiger partial charge on any atom is 0.242 e. The lowest BCUT2D eigenvalue weighted by Crippen LogP contribution is -2.46. The third kappa shape index (κ3) is 4.36. The molecule has 0 radical (unpaired) electrons. The third-order valence-electron chi connectivity index (χ3n) is 5.21. The van der Waals surface area contributed by atoms with Crippen molar-refractivity contribution < 1.29 is 14.3 Å². The zero-order chi connectivity index (χ0) is 18.5. The van der Waals surface area contributed by atoms with Gasteiger partial charge >= 0.3 is 0 Å². The summed E-state index contributed by atoms with van der Waals surface area (Å²) in [5.41, 5.74) is 1.80. The fourth-order valence-electron chi connectivity index (χ4n) is 3.78. The third-order valence-corrected chi connectivity index (χ3v) is 5.21. The number of likely N-dealkylation sites (tertiary alicyclic amines) is 1. The lowest BCUT2D eigenvalue weighted by molar-refractivity contribution is -0.132. The molecule has 6 nitrogen and oxygen atoms in total. The van der Waals surface area contributed by atoms with Crippen LogP contribution in [0.3, 0.4) is 0 Å². The van der Waals surface area contributed by atoms with Gasteiger partial charge in [-0.2, -0.15) is 0 Å². The second kappa shape index (κ2) is 8.54. The molecular formula is C20H29N3O3. The minimum absolute atomic E-state index is 0.0310. The van der Waals surface area contributed by atoms with Gasteiger partial charge < -0.3 is 19.4 Å². The number of morpholine rings is 1. The van der Waals surface area contributed by atoms with Crippen molar-refractivity contribution in [3.63, 3.8) is 0 Å². The van der Waals surface area contributed by atoms with Crippen LogP contribution in [0.15, 0.2) is 24.3 Å². The Morgan fingerprint density at radius 3 is 2.62 bits per heavy atom. The van der Waals surface area contributed by atoms with E-state index in [-0.39, 0.29) is 18.4 Å². The highest BCUT2D eigenvalue weighted by Crippen LogP contribution is 2.30. The van der Waals surface area contributed by atoms with Crippen LogP contribution in [0.4, 0.5) is 11.4 Å². The number of nitrogens with zero attached hydrogens (tertiary/aromatic N) is 3. The van der Waals surface area contributed by atoms with E-state index >= 15 is 0 Å². The summed E-state index contributed by atoms with van der Waals surface area (Å²) in [6.45, 7) is 8.33. The number of rotatable bonds is 4. The van der Waals surface area contributed by atoms with Gasteiger partial charge in [0.25, 0.3) is 0 Å². The lowest BCUT2D eigenvalue weighted by Gasteiger charge is -2.35. The van der Waals surface area contributed by atoms with Crippen LogP contribution >= 0.6 is 0 Å². The van der Waals surface area contributed by atoms with E-state index in [2.05, 4.69) is 11.8 Å². The first kappa shape index (κ1) is 18.7. The number of para-hydroxylation sites is 2. The van der Waals surface area contributed by atoms with E-state index in [1.807, 2.05) is 29.2 Å². The molecule has 1 atom stereocenters. The zero-order valence-electron chi connectivity index (χ0n) is 15.8. The van der Waals surface area contributed by atoms with E-state index < -0.39 is 0 Å². The number of hydrogen-bond acceptors (Lipinski definition) is 4. The van der Waals surface area contributed by atoms with Crippen molar-refractivity contribution in [3.05, 3.63) is 24.3 Å². The van der Waals surface area contributed by atoms with Crippen LogP contribution in [0.25, 0.3) is 0 Å². The Labute approximate surface area is 155 Å². The van der Waals surface area contributed by atoms with Crippen LogP contribution in [0, 0.1) is 5.92 Å². The molecule has 0 spiro atoms. The molecule has 2 heterocycles. The van der Waals surface area contributed by atoms with E-state index in [0.717, 1.165) is 44.0 Å². The second-order valence-electron chi connectivity index (χ2n) is 7.28. The number of amides is 2. The van der Waals surface area contributed by atoms with E-state index in [9.17, 15) is 9.59 Å². The summed E-state index contributed by atoms with van der Waals surface area (Å²) in [6, 6.07) is 7.84. The van der Waals surface area contributed by atoms with E-state index in [0.29, 0.717) is 19.1 Å². The normalized spacial score (nSPS) is 20.8. The summed E-state index contributed by atoms with van der Waals surface area (Å²) in [6.07, 6.45) is 2.21. The van der Waals surface area contributed by atoms with Crippen LogP contribution in [0.1, 0.15) is 26.7 Å². The molecule has 0 saturated carbocycles. The molecule has 0 bridgehead atoms. The molecule has 0 aromatic heterocycles. The number of benzene rings is 1. The highest BCUT2D eigenvalue weighted by molar-refractivity contribution is 6.00. The van der Waals surface area contributed by atoms with Crippen molar-refractivity contribution in [2.24, 2.45) is 5.92 Å². The largest absolute Gasteiger partial charge is 0.378 e. The summed E-state index contributed by atoms with van der Waals surface area (Å²) < 4.78 is 5.44. The molecule has 2 amide bonds. The van der Waals surface area contributed by atoms with Crippen molar-refractivity contribution in [1.29, 1.82) is 0 Å². The first-order valence-electron chi connectivity index (χ1n) is 9.54. The topological polar surface area (TPSA) is 53.1 Å². The second-order valence-corrected chi connectivity index (χ2v) is 7.28. The standard InChI is InChI=1S/C20H29N3O3/c1-16-6-5-9-22(14-16)20(25)15-23(17(2)24)19-8-4-3-7-18(19)21-10-12-26-13-11-21/h3-4,7-8,16H,5-6,9-15H2,1-2H3. The molecule has 3 rings (SSSR count). The van der Waals surface area contributed by atoms with Crippen LogP contribution in [0.2, 0.25) is 0 Å². The molecule has 142 valence electrons. The van der Waals surface area contributed by atoms with Gasteiger partial charge in [-0.15, -0.1) is 0 Å². The Kier molecular flexibility index (Phi) is 6.14. The Bertz CT molecular complexity index is 643. The van der Waals surface area contributed by atoms with Crippen molar-refractivity contribution in [3.8, 4) is 0 Å². The molecule has 2 aliphatic rings. The Morgan fingerprint density at radius 1 is 1.19 bits per heavy atom. The van der Waals surface area contributed by atoms with Gasteiger partial charge in [0, 0.05) is 33.1 Å². The predicted octanol–water partition coefficient (Wildman–Crippen LogP) is 2.13. The first-order valence-corrected chi connectivity index (χ1v) is 9.54. The van der Waals surface area contributed by atoms with Crippen molar-refractivity contribution in [2.45, 2.75) is 26.7 Å². The highest BCUT2D eigenvalue weighted by Gasteiger charge is 2.26. The molecule has 0 aliphatic carbocycles. The van der Waals surface area contributed by atoms with Crippen LogP contribution < -0.4 is 9.80 Å². The summed E-state index contributed by atoms with van der Waals surface area (Å²) in [4.78, 5) is 30.9. The molecule has 2 aliphatic heterocycles. The van der Waals surface area contributed by atoms with Gasteiger partial charge in [0.2, 0.25) is 11.8 Å². The van der Waals surface area contributed by atoms with Gasteiger partial charge in [0.05, 0.1) is 24.6 Å². The molecule has 0 N–H and O–H groups in total. The molecular weight excluding hydrogens is 330 g/mol. The molecule has 1 unspecified atom stereocenters. The van der Waals surface area contributed by atoms with Crippen molar-refractivity contribution in [2.75, 3.05) is 55.7 Å². The smallest absolute Gasteiger partial charge is 0.242 e.